The van der Waals surface area contributed by atoms with Crippen molar-refractivity contribution in [3.63, 3.8) is 0 Å². The van der Waals surface area contributed by atoms with Crippen molar-refractivity contribution in [2.75, 3.05) is 5.32 Å². The van der Waals surface area contributed by atoms with Gasteiger partial charge in [0.15, 0.2) is 0 Å². The van der Waals surface area contributed by atoms with Gasteiger partial charge in [0.25, 0.3) is 5.91 Å². The normalized spacial score (nSPS) is 13.8. The molecule has 118 valence electrons. The standard InChI is InChI=1S/C14H15N7OS/c1-20-7-9(6-15-20)13-16-10(8-23-13)12(22)17-14-19-18-11-4-2-3-5-21(11)14/h6-8H,2-5H2,1H3,(H,17,19,22). The molecule has 8 nitrogen and oxygen atoms in total. The maximum absolute atomic E-state index is 12.4. The lowest BCUT2D eigenvalue weighted by atomic mass is 10.2. The van der Waals surface area contributed by atoms with Gasteiger partial charge in [0, 0.05) is 37.2 Å². The van der Waals surface area contributed by atoms with Crippen molar-refractivity contribution in [3.05, 3.63) is 29.3 Å². The number of aryl methyl sites for hydroxylation is 2. The Labute approximate surface area is 136 Å². The highest BCUT2D eigenvalue weighted by Crippen LogP contribution is 2.23. The Morgan fingerprint density at radius 3 is 3.09 bits per heavy atom. The van der Waals surface area contributed by atoms with Gasteiger partial charge in [0.05, 0.1) is 6.20 Å². The summed E-state index contributed by atoms with van der Waals surface area (Å²) in [4.78, 5) is 16.8. The first-order valence-corrected chi connectivity index (χ1v) is 8.26. The Morgan fingerprint density at radius 2 is 2.26 bits per heavy atom. The van der Waals surface area contributed by atoms with Crippen molar-refractivity contribution in [2.24, 2.45) is 7.05 Å². The molecule has 23 heavy (non-hydrogen) atoms. The summed E-state index contributed by atoms with van der Waals surface area (Å²) in [6.45, 7) is 0.843. The summed E-state index contributed by atoms with van der Waals surface area (Å²) in [5, 5.41) is 17.6. The summed E-state index contributed by atoms with van der Waals surface area (Å²) in [6.07, 6.45) is 6.71. The molecule has 0 atom stereocenters. The van der Waals surface area contributed by atoms with E-state index in [1.807, 2.05) is 17.8 Å². The van der Waals surface area contributed by atoms with Crippen LogP contribution in [0.3, 0.4) is 0 Å². The van der Waals surface area contributed by atoms with Crippen molar-refractivity contribution < 1.29 is 4.79 Å². The molecule has 0 radical (unpaired) electrons. The van der Waals surface area contributed by atoms with Crippen LogP contribution in [-0.4, -0.2) is 35.4 Å². The van der Waals surface area contributed by atoms with Gasteiger partial charge in [0.1, 0.15) is 16.5 Å². The molecule has 3 aromatic rings. The first-order valence-electron chi connectivity index (χ1n) is 7.39. The molecular formula is C14H15N7OS. The van der Waals surface area contributed by atoms with Crippen LogP contribution in [0.25, 0.3) is 10.6 Å². The fourth-order valence-electron chi connectivity index (χ4n) is 2.61. The lowest BCUT2D eigenvalue weighted by molar-refractivity contribution is 0.102. The summed E-state index contributed by atoms with van der Waals surface area (Å²) in [6, 6.07) is 0. The Bertz CT molecular complexity index is 862. The lowest BCUT2D eigenvalue weighted by Crippen LogP contribution is -2.19. The number of carbonyl (C=O) groups is 1. The van der Waals surface area contributed by atoms with Crippen LogP contribution in [-0.2, 0) is 20.0 Å². The van der Waals surface area contributed by atoms with Crippen molar-refractivity contribution >= 4 is 23.2 Å². The number of thiazole rings is 1. The first kappa shape index (κ1) is 14.1. The van der Waals surface area contributed by atoms with Crippen LogP contribution in [0, 0.1) is 0 Å². The van der Waals surface area contributed by atoms with Gasteiger partial charge in [-0.2, -0.15) is 5.10 Å². The number of nitrogens with zero attached hydrogens (tertiary/aromatic N) is 6. The number of aromatic nitrogens is 6. The number of fused-ring (bicyclic) bond motifs is 1. The lowest BCUT2D eigenvalue weighted by Gasteiger charge is -2.14. The number of hydrogen-bond acceptors (Lipinski definition) is 6. The van der Waals surface area contributed by atoms with E-state index in [4.69, 9.17) is 0 Å². The Kier molecular flexibility index (Phi) is 3.41. The van der Waals surface area contributed by atoms with E-state index < -0.39 is 0 Å². The van der Waals surface area contributed by atoms with Gasteiger partial charge in [-0.1, -0.05) is 0 Å². The fraction of sp³-hybridized carbons (Fsp3) is 0.357. The molecule has 0 saturated carbocycles. The molecule has 3 aromatic heterocycles. The van der Waals surface area contributed by atoms with E-state index >= 15 is 0 Å². The van der Waals surface area contributed by atoms with Gasteiger partial charge in [-0.25, -0.2) is 4.98 Å². The molecule has 0 fully saturated rings. The molecule has 0 bridgehead atoms. The summed E-state index contributed by atoms with van der Waals surface area (Å²) in [5.41, 5.74) is 1.28. The zero-order chi connectivity index (χ0) is 15.8. The van der Waals surface area contributed by atoms with Crippen molar-refractivity contribution in [3.8, 4) is 10.6 Å². The second-order valence-corrected chi connectivity index (χ2v) is 6.30. The third-order valence-electron chi connectivity index (χ3n) is 3.77. The van der Waals surface area contributed by atoms with Crippen LogP contribution in [0.5, 0.6) is 0 Å². The first-order chi connectivity index (χ1) is 11.2. The van der Waals surface area contributed by atoms with Crippen LogP contribution < -0.4 is 5.32 Å². The monoisotopic (exact) mass is 329 g/mol. The highest BCUT2D eigenvalue weighted by molar-refractivity contribution is 7.13. The quantitative estimate of drug-likeness (QED) is 0.790. The third-order valence-corrected chi connectivity index (χ3v) is 4.66. The Balaban J connectivity index is 1.53. The average Bonchev–Trinajstić information content (AvgIpc) is 3.27. The minimum absolute atomic E-state index is 0.267. The van der Waals surface area contributed by atoms with Gasteiger partial charge in [-0.3, -0.25) is 19.4 Å². The highest BCUT2D eigenvalue weighted by atomic mass is 32.1. The number of hydrogen-bond donors (Lipinski definition) is 1. The number of rotatable bonds is 3. The molecule has 0 aromatic carbocycles. The van der Waals surface area contributed by atoms with Crippen molar-refractivity contribution in [1.82, 2.24) is 29.5 Å². The largest absolute Gasteiger partial charge is 0.297 e. The van der Waals surface area contributed by atoms with Gasteiger partial charge < -0.3 is 0 Å². The van der Waals surface area contributed by atoms with E-state index in [1.54, 1.807) is 16.3 Å². The van der Waals surface area contributed by atoms with E-state index in [0.717, 1.165) is 42.2 Å². The number of amides is 1. The molecule has 9 heteroatoms. The summed E-state index contributed by atoms with van der Waals surface area (Å²) in [7, 11) is 1.85. The number of nitrogens with one attached hydrogen (secondary N) is 1. The summed E-state index contributed by atoms with van der Waals surface area (Å²) >= 11 is 1.42. The van der Waals surface area contributed by atoms with Gasteiger partial charge in [0.2, 0.25) is 5.95 Å². The topological polar surface area (TPSA) is 90.5 Å². The molecular weight excluding hydrogens is 314 g/mol. The molecule has 0 aliphatic carbocycles. The maximum Gasteiger partial charge on any atom is 0.277 e. The van der Waals surface area contributed by atoms with E-state index in [1.165, 1.54) is 11.3 Å². The van der Waals surface area contributed by atoms with Crippen LogP contribution in [0.1, 0.15) is 29.2 Å². The molecule has 1 aliphatic heterocycles. The van der Waals surface area contributed by atoms with Crippen molar-refractivity contribution in [1.29, 1.82) is 0 Å². The predicted octanol–water partition coefficient (Wildman–Crippen LogP) is 1.72. The summed E-state index contributed by atoms with van der Waals surface area (Å²) in [5.74, 6) is 1.17. The summed E-state index contributed by atoms with van der Waals surface area (Å²) < 4.78 is 3.68. The highest BCUT2D eigenvalue weighted by Gasteiger charge is 2.19. The maximum atomic E-state index is 12.4. The molecule has 0 spiro atoms. The zero-order valence-corrected chi connectivity index (χ0v) is 13.4. The number of carbonyl (C=O) groups excluding carboxylic acids is 1. The molecule has 1 amide bonds. The SMILES string of the molecule is Cn1cc(-c2nc(C(=O)Nc3nnc4n3CCCC4)cs2)cn1. The van der Waals surface area contributed by atoms with Crippen LogP contribution >= 0.6 is 11.3 Å². The smallest absolute Gasteiger partial charge is 0.277 e. The minimum atomic E-state index is -0.267. The van der Waals surface area contributed by atoms with Crippen LogP contribution in [0.2, 0.25) is 0 Å². The fourth-order valence-corrected chi connectivity index (χ4v) is 3.38. The molecule has 4 heterocycles. The third kappa shape index (κ3) is 2.63. The number of anilines is 1. The minimum Gasteiger partial charge on any atom is -0.297 e. The van der Waals surface area contributed by atoms with E-state index in [9.17, 15) is 4.79 Å². The average molecular weight is 329 g/mol. The Morgan fingerprint density at radius 1 is 1.35 bits per heavy atom. The van der Waals surface area contributed by atoms with E-state index in [0.29, 0.717) is 11.6 Å². The second-order valence-electron chi connectivity index (χ2n) is 5.44. The predicted molar refractivity (Wildman–Crippen MR) is 85.2 cm³/mol. The van der Waals surface area contributed by atoms with E-state index in [-0.39, 0.29) is 5.91 Å². The van der Waals surface area contributed by atoms with E-state index in [2.05, 4.69) is 25.6 Å². The Hall–Kier alpha value is -2.55. The molecule has 1 N–H and O–H groups in total. The van der Waals surface area contributed by atoms with Gasteiger partial charge in [-0.15, -0.1) is 21.5 Å². The molecule has 1 aliphatic rings. The molecule has 4 rings (SSSR count). The van der Waals surface area contributed by atoms with Gasteiger partial charge >= 0.3 is 0 Å². The van der Waals surface area contributed by atoms with Crippen LogP contribution in [0.4, 0.5) is 5.95 Å². The molecule has 0 saturated heterocycles. The van der Waals surface area contributed by atoms with Crippen molar-refractivity contribution in [2.45, 2.75) is 25.8 Å². The zero-order valence-electron chi connectivity index (χ0n) is 12.6. The van der Waals surface area contributed by atoms with Crippen LogP contribution in [0.15, 0.2) is 17.8 Å². The molecule has 0 unspecified atom stereocenters. The second kappa shape index (κ2) is 5.58. The van der Waals surface area contributed by atoms with Gasteiger partial charge in [-0.05, 0) is 12.8 Å².